The summed E-state index contributed by atoms with van der Waals surface area (Å²) in [5.74, 6) is 2.24. The molecule has 0 amide bonds. The first kappa shape index (κ1) is 8.89. The molecule has 1 aromatic carbocycles. The average Bonchev–Trinajstić information content (AvgIpc) is 2.09. The number of hydrogen-bond donors (Lipinski definition) is 1. The number of rotatable bonds is 1. The van der Waals surface area contributed by atoms with Gasteiger partial charge in [-0.2, -0.15) is 0 Å². The van der Waals surface area contributed by atoms with Gasteiger partial charge in [0.1, 0.15) is 0 Å². The summed E-state index contributed by atoms with van der Waals surface area (Å²) in [6, 6.07) is 5.92. The zero-order valence-electron chi connectivity index (χ0n) is 7.68. The van der Waals surface area contributed by atoms with Crippen LogP contribution in [0.5, 0.6) is 0 Å². The number of anilines is 1. The van der Waals surface area contributed by atoms with Gasteiger partial charge in [-0.05, 0) is 36.5 Å². The number of hydrogen-bond acceptors (Lipinski definition) is 1. The van der Waals surface area contributed by atoms with Crippen molar-refractivity contribution in [2.45, 2.75) is 19.8 Å². The fourth-order valence-electron chi connectivity index (χ4n) is 1.75. The van der Waals surface area contributed by atoms with E-state index in [0.717, 1.165) is 5.92 Å². The molecule has 13 heavy (non-hydrogen) atoms. The molecule has 0 saturated heterocycles. The van der Waals surface area contributed by atoms with Crippen LogP contribution in [-0.2, 0) is 0 Å². The van der Waals surface area contributed by atoms with Crippen molar-refractivity contribution in [1.82, 2.24) is 0 Å². The summed E-state index contributed by atoms with van der Waals surface area (Å²) in [6.07, 6.45) is 2.51. The Hall–Kier alpha value is -0.690. The van der Waals surface area contributed by atoms with Crippen molar-refractivity contribution in [1.29, 1.82) is 0 Å². The van der Waals surface area contributed by atoms with Crippen molar-refractivity contribution in [3.63, 3.8) is 0 Å². The largest absolute Gasteiger partial charge is 0.398 e. The second kappa shape index (κ2) is 3.22. The number of nitrogen functional groups attached to an aromatic ring is 1. The zero-order valence-corrected chi connectivity index (χ0v) is 8.43. The van der Waals surface area contributed by atoms with E-state index in [9.17, 15) is 0 Å². The van der Waals surface area contributed by atoms with Crippen LogP contribution >= 0.6 is 11.6 Å². The molecule has 2 heteroatoms. The molecular weight excluding hydrogens is 182 g/mol. The van der Waals surface area contributed by atoms with Gasteiger partial charge in [-0.3, -0.25) is 0 Å². The van der Waals surface area contributed by atoms with Gasteiger partial charge in [-0.15, -0.1) is 0 Å². The van der Waals surface area contributed by atoms with Gasteiger partial charge in [-0.1, -0.05) is 24.6 Å². The highest BCUT2D eigenvalue weighted by molar-refractivity contribution is 6.33. The summed E-state index contributed by atoms with van der Waals surface area (Å²) in [5, 5.41) is 0.649. The summed E-state index contributed by atoms with van der Waals surface area (Å²) in [4.78, 5) is 0. The maximum absolute atomic E-state index is 5.85. The first-order valence-electron chi connectivity index (χ1n) is 4.59. The average molecular weight is 195 g/mol. The minimum absolute atomic E-state index is 0.649. The van der Waals surface area contributed by atoms with Crippen LogP contribution < -0.4 is 5.73 Å². The molecule has 1 radical (unpaired) electrons. The molecule has 0 aliphatic heterocycles. The molecule has 69 valence electrons. The van der Waals surface area contributed by atoms with Gasteiger partial charge in [0.15, 0.2) is 0 Å². The summed E-state index contributed by atoms with van der Waals surface area (Å²) >= 11 is 5.85. The molecule has 1 aliphatic rings. The lowest BCUT2D eigenvalue weighted by molar-refractivity contribution is 0.414. The highest BCUT2D eigenvalue weighted by atomic mass is 35.5. The molecule has 1 unspecified atom stereocenters. The predicted octanol–water partition coefficient (Wildman–Crippen LogP) is 3.27. The van der Waals surface area contributed by atoms with E-state index in [1.807, 2.05) is 12.1 Å². The molecule has 1 aromatic rings. The summed E-state index contributed by atoms with van der Waals surface area (Å²) in [6.45, 7) is 2.25. The van der Waals surface area contributed by atoms with Crippen molar-refractivity contribution < 1.29 is 0 Å². The fraction of sp³-hybridized carbons (Fsp3) is 0.364. The van der Waals surface area contributed by atoms with Crippen LogP contribution in [-0.4, -0.2) is 0 Å². The SMILES string of the molecule is CC1CC[C]1c1ccc(Cl)c(N)c1. The van der Waals surface area contributed by atoms with E-state index in [1.54, 1.807) is 0 Å². The molecule has 2 N–H and O–H groups in total. The van der Waals surface area contributed by atoms with E-state index in [0.29, 0.717) is 10.7 Å². The third-order valence-corrected chi connectivity index (χ3v) is 3.15. The Morgan fingerprint density at radius 3 is 2.69 bits per heavy atom. The standard InChI is InChI=1S/C11H13ClN/c1-7-2-4-9(7)8-3-5-10(12)11(13)6-8/h3,5-7H,2,4,13H2,1H3. The third kappa shape index (κ3) is 1.53. The smallest absolute Gasteiger partial charge is 0.0635 e. The quantitative estimate of drug-likeness (QED) is 0.683. The number of benzene rings is 1. The molecule has 0 spiro atoms. The number of nitrogens with two attached hydrogens (primary N) is 1. The molecule has 0 bridgehead atoms. The number of halogens is 1. The first-order valence-corrected chi connectivity index (χ1v) is 4.97. The van der Waals surface area contributed by atoms with Crippen molar-refractivity contribution >= 4 is 17.3 Å². The molecule has 0 heterocycles. The summed E-state index contributed by atoms with van der Waals surface area (Å²) in [5.41, 5.74) is 7.69. The van der Waals surface area contributed by atoms with Crippen LogP contribution in [0.4, 0.5) is 5.69 Å². The van der Waals surface area contributed by atoms with Crippen LogP contribution in [0.3, 0.4) is 0 Å². The van der Waals surface area contributed by atoms with E-state index in [2.05, 4.69) is 13.0 Å². The van der Waals surface area contributed by atoms with Crippen molar-refractivity contribution in [3.8, 4) is 0 Å². The topological polar surface area (TPSA) is 26.0 Å². The predicted molar refractivity (Wildman–Crippen MR) is 56.6 cm³/mol. The van der Waals surface area contributed by atoms with Crippen molar-refractivity contribution in [2.24, 2.45) is 5.92 Å². The van der Waals surface area contributed by atoms with Gasteiger partial charge in [-0.25, -0.2) is 0 Å². The fourth-order valence-corrected chi connectivity index (χ4v) is 1.87. The first-order chi connectivity index (χ1) is 6.18. The lowest BCUT2D eigenvalue weighted by Gasteiger charge is -2.33. The van der Waals surface area contributed by atoms with Crippen LogP contribution in [0.15, 0.2) is 18.2 Å². The highest BCUT2D eigenvalue weighted by Crippen LogP contribution is 2.41. The molecule has 1 fully saturated rings. The maximum Gasteiger partial charge on any atom is 0.0635 e. The van der Waals surface area contributed by atoms with Crippen LogP contribution in [0.25, 0.3) is 0 Å². The second-order valence-electron chi connectivity index (χ2n) is 3.70. The van der Waals surface area contributed by atoms with Crippen LogP contribution in [0, 0.1) is 11.8 Å². The van der Waals surface area contributed by atoms with Gasteiger partial charge in [0.05, 0.1) is 10.7 Å². The van der Waals surface area contributed by atoms with E-state index in [-0.39, 0.29) is 0 Å². The lowest BCUT2D eigenvalue weighted by atomic mass is 9.71. The summed E-state index contributed by atoms with van der Waals surface area (Å²) in [7, 11) is 0. The molecule has 0 aromatic heterocycles. The van der Waals surface area contributed by atoms with Gasteiger partial charge in [0, 0.05) is 5.92 Å². The van der Waals surface area contributed by atoms with E-state index in [4.69, 9.17) is 17.3 Å². The van der Waals surface area contributed by atoms with E-state index in [1.165, 1.54) is 24.3 Å². The summed E-state index contributed by atoms with van der Waals surface area (Å²) < 4.78 is 0. The Bertz CT molecular complexity index is 322. The molecule has 1 atom stereocenters. The van der Waals surface area contributed by atoms with E-state index >= 15 is 0 Å². The molecule has 1 saturated carbocycles. The lowest BCUT2D eigenvalue weighted by Crippen LogP contribution is -2.21. The highest BCUT2D eigenvalue weighted by Gasteiger charge is 2.28. The van der Waals surface area contributed by atoms with Crippen LogP contribution in [0.2, 0.25) is 5.02 Å². The Morgan fingerprint density at radius 2 is 2.23 bits per heavy atom. The minimum atomic E-state index is 0.649. The van der Waals surface area contributed by atoms with Crippen LogP contribution in [0.1, 0.15) is 25.3 Å². The normalized spacial score (nSPS) is 22.8. The van der Waals surface area contributed by atoms with Gasteiger partial charge >= 0.3 is 0 Å². The van der Waals surface area contributed by atoms with Crippen molar-refractivity contribution in [2.75, 3.05) is 5.73 Å². The van der Waals surface area contributed by atoms with E-state index < -0.39 is 0 Å². The van der Waals surface area contributed by atoms with Gasteiger partial charge < -0.3 is 5.73 Å². The monoisotopic (exact) mass is 194 g/mol. The Balaban J connectivity index is 2.26. The maximum atomic E-state index is 5.85. The minimum Gasteiger partial charge on any atom is -0.398 e. The zero-order chi connectivity index (χ0) is 9.42. The molecule has 2 rings (SSSR count). The Labute approximate surface area is 83.9 Å². The van der Waals surface area contributed by atoms with Gasteiger partial charge in [0.2, 0.25) is 0 Å². The second-order valence-corrected chi connectivity index (χ2v) is 4.11. The molecule has 1 aliphatic carbocycles. The Morgan fingerprint density at radius 1 is 1.46 bits per heavy atom. The molecule has 1 nitrogen and oxygen atoms in total. The Kier molecular flexibility index (Phi) is 2.20. The van der Waals surface area contributed by atoms with Crippen molar-refractivity contribution in [3.05, 3.63) is 34.7 Å². The third-order valence-electron chi connectivity index (χ3n) is 2.81. The molecular formula is C11H13ClN. The van der Waals surface area contributed by atoms with Gasteiger partial charge in [0.25, 0.3) is 0 Å².